The predicted octanol–water partition coefficient (Wildman–Crippen LogP) is 3.55. The number of aliphatic hydroxyl groups excluding tert-OH is 1. The van der Waals surface area contributed by atoms with E-state index in [4.69, 9.17) is 0 Å². The van der Waals surface area contributed by atoms with E-state index in [-0.39, 0.29) is 0 Å². The summed E-state index contributed by atoms with van der Waals surface area (Å²) in [5, 5.41) is 10.4. The van der Waals surface area contributed by atoms with E-state index < -0.39 is 6.10 Å². The first-order chi connectivity index (χ1) is 7.66. The van der Waals surface area contributed by atoms with E-state index in [9.17, 15) is 5.11 Å². The second kappa shape index (κ2) is 5.08. The lowest BCUT2D eigenvalue weighted by Crippen LogP contribution is -1.87. The van der Waals surface area contributed by atoms with E-state index in [2.05, 4.69) is 27.0 Å². The molecule has 1 atom stereocenters. The van der Waals surface area contributed by atoms with Crippen molar-refractivity contribution in [2.75, 3.05) is 0 Å². The summed E-state index contributed by atoms with van der Waals surface area (Å²) in [5.74, 6) is 0. The van der Waals surface area contributed by atoms with Crippen LogP contribution in [0.5, 0.6) is 0 Å². The van der Waals surface area contributed by atoms with Crippen molar-refractivity contribution in [1.82, 2.24) is 4.98 Å². The van der Waals surface area contributed by atoms with Crippen LogP contribution in [0.2, 0.25) is 0 Å². The fourth-order valence-corrected chi connectivity index (χ4v) is 2.71. The van der Waals surface area contributed by atoms with E-state index in [1.807, 2.05) is 18.2 Å². The highest BCUT2D eigenvalue weighted by atomic mass is 79.9. The summed E-state index contributed by atoms with van der Waals surface area (Å²) in [5.41, 5.74) is 1.22. The van der Waals surface area contributed by atoms with Gasteiger partial charge >= 0.3 is 0 Å². The number of benzene rings is 1. The minimum atomic E-state index is -0.425. The molecule has 4 heteroatoms. The summed E-state index contributed by atoms with van der Waals surface area (Å²) in [7, 11) is 0. The van der Waals surface area contributed by atoms with Crippen molar-refractivity contribution >= 4 is 27.3 Å². The second-order valence-electron chi connectivity index (χ2n) is 3.60. The van der Waals surface area contributed by atoms with Crippen molar-refractivity contribution in [3.05, 3.63) is 50.4 Å². The molecule has 1 heterocycles. The number of halogens is 1. The molecule has 0 saturated heterocycles. The Hall–Kier alpha value is -0.710. The van der Waals surface area contributed by atoms with Gasteiger partial charge in [-0.1, -0.05) is 34.1 Å². The lowest BCUT2D eigenvalue weighted by molar-refractivity contribution is 0.203. The topological polar surface area (TPSA) is 33.1 Å². The molecule has 0 aliphatic heterocycles. The molecule has 84 valence electrons. The molecule has 0 aliphatic carbocycles. The van der Waals surface area contributed by atoms with Gasteiger partial charge in [-0.2, -0.15) is 0 Å². The molecule has 0 bridgehead atoms. The first kappa shape index (κ1) is 11.8. The Bertz CT molecular complexity index is 481. The number of thiazole rings is 1. The molecule has 1 aromatic carbocycles. The van der Waals surface area contributed by atoms with Gasteiger partial charge in [0, 0.05) is 17.1 Å². The van der Waals surface area contributed by atoms with Crippen LogP contribution in [0, 0.1) is 0 Å². The molecule has 0 fully saturated rings. The fourth-order valence-electron chi connectivity index (χ4n) is 1.40. The molecule has 0 spiro atoms. The van der Waals surface area contributed by atoms with Crippen LogP contribution in [0.25, 0.3) is 0 Å². The van der Waals surface area contributed by atoms with Crippen LogP contribution in [-0.4, -0.2) is 10.1 Å². The predicted molar refractivity (Wildman–Crippen MR) is 69.7 cm³/mol. The Morgan fingerprint density at radius 1 is 1.44 bits per heavy atom. The molecule has 2 nitrogen and oxygen atoms in total. The van der Waals surface area contributed by atoms with Crippen molar-refractivity contribution in [2.24, 2.45) is 0 Å². The highest BCUT2D eigenvalue weighted by Crippen LogP contribution is 2.25. The summed E-state index contributed by atoms with van der Waals surface area (Å²) in [6.45, 7) is 1.76. The molecule has 0 amide bonds. The third kappa shape index (κ3) is 2.70. The summed E-state index contributed by atoms with van der Waals surface area (Å²) in [6.07, 6.45) is 2.13. The number of hydrogen-bond acceptors (Lipinski definition) is 3. The van der Waals surface area contributed by atoms with Gasteiger partial charge in [0.2, 0.25) is 0 Å². The van der Waals surface area contributed by atoms with Crippen molar-refractivity contribution in [3.63, 3.8) is 0 Å². The van der Waals surface area contributed by atoms with Crippen molar-refractivity contribution in [2.45, 2.75) is 19.4 Å². The van der Waals surface area contributed by atoms with Crippen LogP contribution in [-0.2, 0) is 6.42 Å². The Kier molecular flexibility index (Phi) is 3.74. The third-order valence-corrected chi connectivity index (χ3v) is 4.22. The highest BCUT2D eigenvalue weighted by molar-refractivity contribution is 9.10. The van der Waals surface area contributed by atoms with E-state index >= 15 is 0 Å². The number of aliphatic hydroxyl groups is 1. The van der Waals surface area contributed by atoms with Gasteiger partial charge in [0.15, 0.2) is 0 Å². The van der Waals surface area contributed by atoms with E-state index in [1.165, 1.54) is 5.56 Å². The maximum Gasteiger partial charge on any atom is 0.0972 e. The average molecular weight is 298 g/mol. The average Bonchev–Trinajstić information content (AvgIpc) is 2.70. The van der Waals surface area contributed by atoms with Gasteiger partial charge in [0.25, 0.3) is 0 Å². The molecular formula is C12H12BrNOS. The highest BCUT2D eigenvalue weighted by Gasteiger charge is 2.08. The first-order valence-electron chi connectivity index (χ1n) is 5.03. The molecule has 0 saturated carbocycles. The Morgan fingerprint density at radius 3 is 2.81 bits per heavy atom. The minimum Gasteiger partial charge on any atom is -0.388 e. The van der Waals surface area contributed by atoms with E-state index in [0.717, 1.165) is 20.8 Å². The zero-order chi connectivity index (χ0) is 11.5. The number of aromatic nitrogens is 1. The van der Waals surface area contributed by atoms with Gasteiger partial charge in [-0.05, 0) is 18.6 Å². The van der Waals surface area contributed by atoms with Crippen LogP contribution in [0.15, 0.2) is 34.9 Å². The van der Waals surface area contributed by atoms with Gasteiger partial charge in [0.1, 0.15) is 0 Å². The van der Waals surface area contributed by atoms with Crippen LogP contribution in [0.1, 0.15) is 28.5 Å². The molecule has 1 aromatic heterocycles. The molecule has 0 aliphatic rings. The zero-order valence-corrected chi connectivity index (χ0v) is 11.3. The summed E-state index contributed by atoms with van der Waals surface area (Å²) >= 11 is 5.08. The first-order valence-corrected chi connectivity index (χ1v) is 6.64. The maximum absolute atomic E-state index is 9.42. The van der Waals surface area contributed by atoms with Gasteiger partial charge in [-0.15, -0.1) is 11.3 Å². The molecule has 0 radical (unpaired) electrons. The molecule has 2 aromatic rings. The van der Waals surface area contributed by atoms with Crippen LogP contribution >= 0.6 is 27.3 Å². The lowest BCUT2D eigenvalue weighted by atomic mass is 10.2. The van der Waals surface area contributed by atoms with E-state index in [0.29, 0.717) is 0 Å². The quantitative estimate of drug-likeness (QED) is 0.940. The summed E-state index contributed by atoms with van der Waals surface area (Å²) in [6, 6.07) is 8.12. The number of hydrogen-bond donors (Lipinski definition) is 1. The Balaban J connectivity index is 2.18. The van der Waals surface area contributed by atoms with Crippen molar-refractivity contribution in [3.8, 4) is 0 Å². The molecular weight excluding hydrogens is 286 g/mol. The molecule has 16 heavy (non-hydrogen) atoms. The van der Waals surface area contributed by atoms with Crippen molar-refractivity contribution < 1.29 is 5.11 Å². The SMILES string of the molecule is CC(O)c1cnc(Cc2ccccc2Br)s1. The number of nitrogens with zero attached hydrogens (tertiary/aromatic N) is 1. The second-order valence-corrected chi connectivity index (χ2v) is 5.60. The Morgan fingerprint density at radius 2 is 2.19 bits per heavy atom. The molecule has 1 unspecified atom stereocenters. The van der Waals surface area contributed by atoms with Gasteiger partial charge in [0.05, 0.1) is 16.0 Å². The van der Waals surface area contributed by atoms with Crippen LogP contribution < -0.4 is 0 Å². The summed E-state index contributed by atoms with van der Waals surface area (Å²) < 4.78 is 1.10. The largest absolute Gasteiger partial charge is 0.388 e. The summed E-state index contributed by atoms with van der Waals surface area (Å²) in [4.78, 5) is 5.23. The van der Waals surface area contributed by atoms with Crippen LogP contribution in [0.4, 0.5) is 0 Å². The van der Waals surface area contributed by atoms with E-state index in [1.54, 1.807) is 24.5 Å². The standard InChI is InChI=1S/C12H12BrNOS/c1-8(15)11-7-14-12(16-11)6-9-4-2-3-5-10(9)13/h2-5,7-8,15H,6H2,1H3. The monoisotopic (exact) mass is 297 g/mol. The van der Waals surface area contributed by atoms with Gasteiger partial charge in [-0.25, -0.2) is 4.98 Å². The third-order valence-electron chi connectivity index (χ3n) is 2.28. The normalized spacial score (nSPS) is 12.7. The Labute approximate surface area is 107 Å². The fraction of sp³-hybridized carbons (Fsp3) is 0.250. The zero-order valence-electron chi connectivity index (χ0n) is 8.85. The molecule has 2 rings (SSSR count). The van der Waals surface area contributed by atoms with Crippen LogP contribution in [0.3, 0.4) is 0 Å². The molecule has 1 N–H and O–H groups in total. The maximum atomic E-state index is 9.42. The lowest BCUT2D eigenvalue weighted by Gasteiger charge is -2.01. The smallest absolute Gasteiger partial charge is 0.0972 e. The van der Waals surface area contributed by atoms with Gasteiger partial charge in [-0.3, -0.25) is 0 Å². The minimum absolute atomic E-state index is 0.425. The number of rotatable bonds is 3. The van der Waals surface area contributed by atoms with Crippen molar-refractivity contribution in [1.29, 1.82) is 0 Å². The van der Waals surface area contributed by atoms with Gasteiger partial charge < -0.3 is 5.11 Å².